The number of methoxy groups -OCH3 is 1. The number of esters is 1. The van der Waals surface area contributed by atoms with Gasteiger partial charge in [0.25, 0.3) is 0 Å². The summed E-state index contributed by atoms with van der Waals surface area (Å²) in [4.78, 5) is 17.0. The summed E-state index contributed by atoms with van der Waals surface area (Å²) in [6, 6.07) is 10.3. The lowest BCUT2D eigenvalue weighted by Gasteiger charge is -2.32. The Morgan fingerprint density at radius 2 is 1.77 bits per heavy atom. The van der Waals surface area contributed by atoms with Crippen LogP contribution in [0.1, 0.15) is 43.6 Å². The molecule has 0 atom stereocenters. The molecule has 0 unspecified atom stereocenters. The first-order chi connectivity index (χ1) is 18.1. The minimum atomic E-state index is -1.26. The summed E-state index contributed by atoms with van der Waals surface area (Å²) in [7, 11) is -0.538. The number of fused-ring (bicyclic) bond motifs is 1. The Balaban J connectivity index is 1.72. The van der Waals surface area contributed by atoms with Gasteiger partial charge in [0.1, 0.15) is 12.5 Å². The molecular formula is C28H38BClN2O6Si. The van der Waals surface area contributed by atoms with Crippen molar-refractivity contribution in [1.82, 2.24) is 9.55 Å². The third kappa shape index (κ3) is 6.36. The maximum atomic E-state index is 12.2. The summed E-state index contributed by atoms with van der Waals surface area (Å²) >= 11 is 6.79. The highest BCUT2D eigenvalue weighted by atomic mass is 35.5. The number of aromatic nitrogens is 2. The zero-order valence-electron chi connectivity index (χ0n) is 24.3. The van der Waals surface area contributed by atoms with E-state index in [1.165, 1.54) is 7.11 Å². The van der Waals surface area contributed by atoms with Gasteiger partial charge < -0.3 is 23.5 Å². The molecule has 1 saturated heterocycles. The average Bonchev–Trinajstić information content (AvgIpc) is 3.27. The molecule has 2 heterocycles. The Kier molecular flexibility index (Phi) is 8.27. The summed E-state index contributed by atoms with van der Waals surface area (Å²) in [5.41, 5.74) is 2.32. The molecule has 3 aromatic rings. The molecule has 0 spiro atoms. The zero-order chi connectivity index (χ0) is 28.8. The second-order valence-corrected chi connectivity index (χ2v) is 18.2. The number of aryl methyl sites for hydroxylation is 1. The first-order valence-corrected chi connectivity index (χ1v) is 17.2. The average molecular weight is 573 g/mol. The summed E-state index contributed by atoms with van der Waals surface area (Å²) < 4.78 is 31.5. The Morgan fingerprint density at radius 3 is 2.38 bits per heavy atom. The number of carbonyl (C=O) groups is 1. The van der Waals surface area contributed by atoms with Crippen LogP contribution < -0.4 is 10.2 Å². The number of carbonyl (C=O) groups excluding carboxylic acids is 1. The molecule has 210 valence electrons. The largest absolute Gasteiger partial charge is 0.496 e. The predicted molar refractivity (Wildman–Crippen MR) is 157 cm³/mol. The highest BCUT2D eigenvalue weighted by Gasteiger charge is 2.52. The van der Waals surface area contributed by atoms with Crippen LogP contribution in [0.3, 0.4) is 0 Å². The number of halogens is 1. The van der Waals surface area contributed by atoms with Crippen molar-refractivity contribution >= 4 is 49.3 Å². The van der Waals surface area contributed by atoms with Gasteiger partial charge in [-0.2, -0.15) is 4.98 Å². The highest BCUT2D eigenvalue weighted by Crippen LogP contribution is 2.38. The van der Waals surface area contributed by atoms with Gasteiger partial charge in [-0.05, 0) is 70.5 Å². The molecule has 0 aliphatic carbocycles. The van der Waals surface area contributed by atoms with Crippen molar-refractivity contribution in [2.75, 3.05) is 13.7 Å². The third-order valence-electron chi connectivity index (χ3n) is 7.38. The van der Waals surface area contributed by atoms with E-state index in [0.717, 1.165) is 17.1 Å². The van der Waals surface area contributed by atoms with Crippen molar-refractivity contribution in [3.05, 3.63) is 46.5 Å². The molecular weight excluding hydrogens is 535 g/mol. The maximum absolute atomic E-state index is 12.2. The number of nitrogens with zero attached hydrogens (tertiary/aromatic N) is 2. The number of rotatable bonds is 9. The first-order valence-electron chi connectivity index (χ1n) is 13.1. The van der Waals surface area contributed by atoms with Crippen LogP contribution in [0.25, 0.3) is 11.0 Å². The number of hydrogen-bond acceptors (Lipinski definition) is 7. The van der Waals surface area contributed by atoms with Crippen molar-refractivity contribution in [1.29, 1.82) is 0 Å². The van der Waals surface area contributed by atoms with Crippen molar-refractivity contribution in [2.45, 2.75) is 78.2 Å². The lowest BCUT2D eigenvalue weighted by atomic mass is 9.79. The van der Waals surface area contributed by atoms with E-state index in [1.54, 1.807) is 12.1 Å². The van der Waals surface area contributed by atoms with E-state index in [9.17, 15) is 4.79 Å². The fourth-order valence-electron chi connectivity index (χ4n) is 4.13. The lowest BCUT2D eigenvalue weighted by molar-refractivity contribution is 0.00578. The van der Waals surface area contributed by atoms with E-state index < -0.39 is 32.4 Å². The molecule has 11 heteroatoms. The molecule has 0 bridgehead atoms. The van der Waals surface area contributed by atoms with Gasteiger partial charge in [-0.1, -0.05) is 37.3 Å². The Bertz CT molecular complexity index is 1370. The van der Waals surface area contributed by atoms with Crippen molar-refractivity contribution in [3.8, 4) is 11.8 Å². The minimum Gasteiger partial charge on any atom is -0.465 e. The molecule has 0 radical (unpaired) electrons. The van der Waals surface area contributed by atoms with Gasteiger partial charge in [0.15, 0.2) is 0 Å². The van der Waals surface area contributed by atoms with Crippen LogP contribution in [0, 0.1) is 6.92 Å². The molecule has 0 N–H and O–H groups in total. The van der Waals surface area contributed by atoms with E-state index in [2.05, 4.69) is 19.6 Å². The van der Waals surface area contributed by atoms with Crippen LogP contribution in [-0.2, 0) is 25.5 Å². The molecule has 39 heavy (non-hydrogen) atoms. The summed E-state index contributed by atoms with van der Waals surface area (Å²) in [6.45, 7) is 17.6. The molecule has 1 aliphatic rings. The molecule has 4 rings (SSSR count). The fraction of sp³-hybridized carbons (Fsp3) is 0.500. The van der Waals surface area contributed by atoms with Crippen molar-refractivity contribution < 1.29 is 28.3 Å². The normalized spacial score (nSPS) is 16.6. The van der Waals surface area contributed by atoms with Crippen molar-refractivity contribution in [3.63, 3.8) is 0 Å². The molecule has 1 fully saturated rings. The van der Waals surface area contributed by atoms with Crippen LogP contribution in [0.15, 0.2) is 30.3 Å². The van der Waals surface area contributed by atoms with Crippen LogP contribution >= 0.6 is 11.6 Å². The van der Waals surface area contributed by atoms with Gasteiger partial charge in [-0.15, -0.1) is 0 Å². The van der Waals surface area contributed by atoms with Crippen molar-refractivity contribution in [2.24, 2.45) is 0 Å². The molecule has 1 aromatic heterocycles. The van der Waals surface area contributed by atoms with E-state index in [0.29, 0.717) is 39.9 Å². The second kappa shape index (κ2) is 10.9. The summed E-state index contributed by atoms with van der Waals surface area (Å²) in [5.74, 6) is 0.0249. The molecule has 2 aromatic carbocycles. The molecule has 1 aliphatic heterocycles. The monoisotopic (exact) mass is 572 g/mol. The van der Waals surface area contributed by atoms with Gasteiger partial charge in [0.2, 0.25) is 0 Å². The molecule has 0 amide bonds. The minimum absolute atomic E-state index is 0.234. The fourth-order valence-corrected chi connectivity index (χ4v) is 5.13. The van der Waals surface area contributed by atoms with Gasteiger partial charge >= 0.3 is 19.1 Å². The van der Waals surface area contributed by atoms with Gasteiger partial charge in [-0.3, -0.25) is 4.57 Å². The smallest absolute Gasteiger partial charge is 0.465 e. The second-order valence-electron chi connectivity index (χ2n) is 12.2. The lowest BCUT2D eigenvalue weighted by Crippen LogP contribution is -2.41. The standard InChI is InChI=1S/C28H38BClN2O6Si/c1-18-10-11-19(14-20(18)25(33)34-6)36-26-31-23-15-21(29-37-27(2,3)28(4,5)38-29)22(30)16-24(23)32(26)17-35-12-13-39(7,8)9/h10-11,14-16H,12-13,17H2,1-9H3. The summed E-state index contributed by atoms with van der Waals surface area (Å²) in [6.07, 6.45) is 0. The summed E-state index contributed by atoms with van der Waals surface area (Å²) in [5, 5.41) is 0.499. The van der Waals surface area contributed by atoms with E-state index >= 15 is 0 Å². The van der Waals surface area contributed by atoms with Crippen LogP contribution in [-0.4, -0.2) is 55.6 Å². The van der Waals surface area contributed by atoms with Gasteiger partial charge in [0.05, 0.1) is 34.9 Å². The van der Waals surface area contributed by atoms with Crippen LogP contribution in [0.2, 0.25) is 30.7 Å². The Morgan fingerprint density at radius 1 is 1.10 bits per heavy atom. The Hall–Kier alpha value is -2.37. The van der Waals surface area contributed by atoms with Gasteiger partial charge in [-0.25, -0.2) is 4.79 Å². The Labute approximate surface area is 237 Å². The number of benzene rings is 2. The number of hydrogen-bond donors (Lipinski definition) is 0. The SMILES string of the molecule is COC(=O)c1cc(Oc2nc3cc(B4OC(C)(C)C(C)(C)O4)c(Cl)cc3n2COCC[Si](C)(C)C)ccc1C. The molecule has 8 nitrogen and oxygen atoms in total. The quantitative estimate of drug-likeness (QED) is 0.172. The van der Waals surface area contributed by atoms with E-state index in [1.807, 2.05) is 57.4 Å². The van der Waals surface area contributed by atoms with Crippen LogP contribution in [0.5, 0.6) is 11.8 Å². The topological polar surface area (TPSA) is 81.0 Å². The third-order valence-corrected chi connectivity index (χ3v) is 9.41. The van der Waals surface area contributed by atoms with Gasteiger partial charge in [0, 0.05) is 25.2 Å². The predicted octanol–water partition coefficient (Wildman–Crippen LogP) is 6.19. The maximum Gasteiger partial charge on any atom is 0.496 e. The van der Waals surface area contributed by atoms with E-state index in [4.69, 9.17) is 40.1 Å². The first kappa shape index (κ1) is 29.6. The van der Waals surface area contributed by atoms with E-state index in [-0.39, 0.29) is 6.73 Å². The molecule has 0 saturated carbocycles. The number of imidazole rings is 1. The number of ether oxygens (including phenoxy) is 3. The van der Waals surface area contributed by atoms with Crippen LogP contribution in [0.4, 0.5) is 0 Å². The highest BCUT2D eigenvalue weighted by molar-refractivity contribution is 6.76. The zero-order valence-corrected chi connectivity index (χ0v) is 26.1.